The highest BCUT2D eigenvalue weighted by atomic mass is 32.2. The molecule has 0 aliphatic heterocycles. The summed E-state index contributed by atoms with van der Waals surface area (Å²) in [5.41, 5.74) is 1.01. The van der Waals surface area contributed by atoms with Crippen molar-refractivity contribution in [1.29, 1.82) is 0 Å². The van der Waals surface area contributed by atoms with Crippen LogP contribution >= 0.6 is 11.8 Å². The van der Waals surface area contributed by atoms with E-state index in [1.807, 2.05) is 55.5 Å². The lowest BCUT2D eigenvalue weighted by Gasteiger charge is -2.09. The molecule has 0 atom stereocenters. The van der Waals surface area contributed by atoms with Crippen molar-refractivity contribution in [3.05, 3.63) is 103 Å². The molecule has 4 rings (SSSR count). The monoisotopic (exact) mass is 462 g/mol. The Morgan fingerprint density at radius 2 is 1.00 bits per heavy atom. The van der Waals surface area contributed by atoms with Gasteiger partial charge in [0, 0.05) is 9.79 Å². The molecule has 6 heteroatoms. The van der Waals surface area contributed by atoms with Gasteiger partial charge in [-0.05, 0) is 91.9 Å². The summed E-state index contributed by atoms with van der Waals surface area (Å²) in [7, 11) is -1.90. The number of ether oxygens (including phenoxy) is 2. The van der Waals surface area contributed by atoms with Crippen molar-refractivity contribution in [2.45, 2.75) is 26.5 Å². The normalized spacial score (nSPS) is 11.2. The van der Waals surface area contributed by atoms with E-state index in [4.69, 9.17) is 9.47 Å². The topological polar surface area (TPSA) is 52.6 Å². The smallest absolute Gasteiger partial charge is 0.206 e. The number of methoxy groups -OCH3 is 1. The Bertz CT molecular complexity index is 1280. The standard InChI is InChI=1S/C26H22O4S2/c1-19-3-15-25(16-4-19)32(27,28)26-17-9-22(10-18-26)30-21-7-13-24(14-8-21)31-23-11-5-20(29-2)6-12-23/h3-18H,1-2H3. The molecule has 0 saturated heterocycles. The second-order valence-electron chi connectivity index (χ2n) is 7.14. The average molecular weight is 463 g/mol. The number of hydrogen-bond acceptors (Lipinski definition) is 5. The van der Waals surface area contributed by atoms with E-state index < -0.39 is 9.84 Å². The molecule has 4 nitrogen and oxygen atoms in total. The third-order valence-electron chi connectivity index (χ3n) is 4.82. The van der Waals surface area contributed by atoms with Gasteiger partial charge in [-0.3, -0.25) is 0 Å². The highest BCUT2D eigenvalue weighted by Gasteiger charge is 2.17. The van der Waals surface area contributed by atoms with Crippen molar-refractivity contribution < 1.29 is 17.9 Å². The van der Waals surface area contributed by atoms with Crippen molar-refractivity contribution in [2.75, 3.05) is 7.11 Å². The molecule has 0 fully saturated rings. The molecule has 0 unspecified atom stereocenters. The van der Waals surface area contributed by atoms with Gasteiger partial charge < -0.3 is 9.47 Å². The first kappa shape index (κ1) is 22.0. The molecule has 0 N–H and O–H groups in total. The molecule has 0 aliphatic carbocycles. The Labute approximate surface area is 192 Å². The van der Waals surface area contributed by atoms with E-state index in [-0.39, 0.29) is 9.79 Å². The van der Waals surface area contributed by atoms with Gasteiger partial charge >= 0.3 is 0 Å². The van der Waals surface area contributed by atoms with Crippen LogP contribution < -0.4 is 9.47 Å². The zero-order chi connectivity index (χ0) is 22.6. The van der Waals surface area contributed by atoms with Crippen LogP contribution in [-0.4, -0.2) is 15.5 Å². The first-order valence-corrected chi connectivity index (χ1v) is 12.3. The predicted molar refractivity (Wildman–Crippen MR) is 127 cm³/mol. The lowest BCUT2D eigenvalue weighted by atomic mass is 10.2. The number of rotatable bonds is 7. The molecule has 0 aromatic heterocycles. The second kappa shape index (κ2) is 9.51. The minimum Gasteiger partial charge on any atom is -0.497 e. The van der Waals surface area contributed by atoms with Crippen LogP contribution in [0.5, 0.6) is 17.2 Å². The van der Waals surface area contributed by atoms with Crippen LogP contribution in [-0.2, 0) is 9.84 Å². The van der Waals surface area contributed by atoms with E-state index in [1.165, 1.54) is 0 Å². The average Bonchev–Trinajstić information content (AvgIpc) is 2.81. The summed E-state index contributed by atoms with van der Waals surface area (Å²) in [6.07, 6.45) is 0. The maximum atomic E-state index is 12.8. The van der Waals surface area contributed by atoms with Gasteiger partial charge in [0.05, 0.1) is 16.9 Å². The molecular weight excluding hydrogens is 440 g/mol. The van der Waals surface area contributed by atoms with E-state index >= 15 is 0 Å². The number of sulfone groups is 1. The minimum atomic E-state index is -3.55. The molecule has 4 aromatic carbocycles. The lowest BCUT2D eigenvalue weighted by Crippen LogP contribution is -2.01. The van der Waals surface area contributed by atoms with Gasteiger partial charge in [0.2, 0.25) is 9.84 Å². The fraction of sp³-hybridized carbons (Fsp3) is 0.0769. The number of aryl methyl sites for hydroxylation is 1. The Hall–Kier alpha value is -3.22. The maximum absolute atomic E-state index is 12.8. The molecule has 32 heavy (non-hydrogen) atoms. The summed E-state index contributed by atoms with van der Waals surface area (Å²) < 4.78 is 36.6. The molecule has 0 bridgehead atoms. The van der Waals surface area contributed by atoms with Crippen LogP contribution in [0.1, 0.15) is 5.56 Å². The zero-order valence-electron chi connectivity index (χ0n) is 17.7. The number of hydrogen-bond donors (Lipinski definition) is 0. The van der Waals surface area contributed by atoms with Crippen molar-refractivity contribution >= 4 is 21.6 Å². The fourth-order valence-corrected chi connectivity index (χ4v) is 5.11. The predicted octanol–water partition coefficient (Wildman–Crippen LogP) is 6.78. The minimum absolute atomic E-state index is 0.236. The lowest BCUT2D eigenvalue weighted by molar-refractivity contribution is 0.414. The van der Waals surface area contributed by atoms with Gasteiger partial charge in [0.15, 0.2) is 0 Å². The Balaban J connectivity index is 1.42. The van der Waals surface area contributed by atoms with E-state index in [0.29, 0.717) is 11.5 Å². The maximum Gasteiger partial charge on any atom is 0.206 e. The Kier molecular flexibility index (Phi) is 6.53. The van der Waals surface area contributed by atoms with Crippen LogP contribution in [0.3, 0.4) is 0 Å². The zero-order valence-corrected chi connectivity index (χ0v) is 19.3. The molecule has 4 aromatic rings. The molecule has 0 spiro atoms. The Morgan fingerprint density at radius 3 is 1.47 bits per heavy atom. The van der Waals surface area contributed by atoms with Crippen molar-refractivity contribution in [1.82, 2.24) is 0 Å². The SMILES string of the molecule is COc1ccc(Sc2ccc(Oc3ccc(S(=O)(=O)c4ccc(C)cc4)cc3)cc2)cc1. The van der Waals surface area contributed by atoms with E-state index in [1.54, 1.807) is 67.4 Å². The Morgan fingerprint density at radius 1 is 0.594 bits per heavy atom. The van der Waals surface area contributed by atoms with Crippen LogP contribution in [0.15, 0.2) is 117 Å². The van der Waals surface area contributed by atoms with Gasteiger partial charge in [0.25, 0.3) is 0 Å². The summed E-state index contributed by atoms with van der Waals surface area (Å²) >= 11 is 1.65. The highest BCUT2D eigenvalue weighted by Crippen LogP contribution is 2.32. The molecule has 0 amide bonds. The molecule has 0 heterocycles. The first-order valence-electron chi connectivity index (χ1n) is 9.96. The molecule has 162 valence electrons. The van der Waals surface area contributed by atoms with Gasteiger partial charge in [-0.25, -0.2) is 8.42 Å². The van der Waals surface area contributed by atoms with Crippen LogP contribution in [0, 0.1) is 6.92 Å². The van der Waals surface area contributed by atoms with Crippen LogP contribution in [0.25, 0.3) is 0 Å². The summed E-state index contributed by atoms with van der Waals surface area (Å²) in [6.45, 7) is 1.92. The van der Waals surface area contributed by atoms with E-state index in [0.717, 1.165) is 21.1 Å². The third kappa shape index (κ3) is 5.15. The van der Waals surface area contributed by atoms with Crippen molar-refractivity contribution in [3.8, 4) is 17.2 Å². The van der Waals surface area contributed by atoms with Gasteiger partial charge in [-0.1, -0.05) is 29.5 Å². The van der Waals surface area contributed by atoms with Gasteiger partial charge in [-0.2, -0.15) is 0 Å². The molecule has 0 radical (unpaired) electrons. The summed E-state index contributed by atoms with van der Waals surface area (Å²) in [5.74, 6) is 2.08. The molecular formula is C26H22O4S2. The summed E-state index contributed by atoms with van der Waals surface area (Å²) in [6, 6.07) is 29.0. The van der Waals surface area contributed by atoms with E-state index in [9.17, 15) is 8.42 Å². The van der Waals surface area contributed by atoms with Crippen LogP contribution in [0.2, 0.25) is 0 Å². The first-order chi connectivity index (χ1) is 15.4. The summed E-state index contributed by atoms with van der Waals surface area (Å²) in [4.78, 5) is 2.72. The number of benzene rings is 4. The van der Waals surface area contributed by atoms with Crippen molar-refractivity contribution in [2.24, 2.45) is 0 Å². The van der Waals surface area contributed by atoms with Crippen molar-refractivity contribution in [3.63, 3.8) is 0 Å². The third-order valence-corrected chi connectivity index (χ3v) is 7.62. The van der Waals surface area contributed by atoms with Gasteiger partial charge in [0.1, 0.15) is 17.2 Å². The fourth-order valence-electron chi connectivity index (χ4n) is 3.03. The molecule has 0 aliphatic rings. The second-order valence-corrected chi connectivity index (χ2v) is 10.2. The van der Waals surface area contributed by atoms with Crippen LogP contribution in [0.4, 0.5) is 0 Å². The summed E-state index contributed by atoms with van der Waals surface area (Å²) in [5, 5.41) is 0. The molecule has 0 saturated carbocycles. The largest absolute Gasteiger partial charge is 0.497 e. The van der Waals surface area contributed by atoms with Gasteiger partial charge in [-0.15, -0.1) is 0 Å². The van der Waals surface area contributed by atoms with E-state index in [2.05, 4.69) is 0 Å². The quantitative estimate of drug-likeness (QED) is 0.303. The highest BCUT2D eigenvalue weighted by molar-refractivity contribution is 7.99.